The van der Waals surface area contributed by atoms with Gasteiger partial charge in [-0.15, -0.1) is 12.4 Å². The van der Waals surface area contributed by atoms with Gasteiger partial charge in [0.2, 0.25) is 5.91 Å². The Kier molecular flexibility index (Phi) is 8.46. The largest absolute Gasteiger partial charge is 0.381 e. The fourth-order valence-corrected chi connectivity index (χ4v) is 4.17. The molecule has 2 amide bonds. The van der Waals surface area contributed by atoms with E-state index < -0.39 is 0 Å². The van der Waals surface area contributed by atoms with Crippen molar-refractivity contribution in [3.63, 3.8) is 0 Å². The van der Waals surface area contributed by atoms with Crippen LogP contribution in [0.1, 0.15) is 10.4 Å². The van der Waals surface area contributed by atoms with E-state index in [2.05, 4.69) is 16.0 Å². The number of hydrogen-bond donors (Lipinski definition) is 3. The minimum atomic E-state index is -0.298. The number of fused-ring (bicyclic) bond motifs is 2. The molecule has 0 spiro atoms. The highest BCUT2D eigenvalue weighted by molar-refractivity contribution is 6.39. The Hall–Kier alpha value is -2.48. The summed E-state index contributed by atoms with van der Waals surface area (Å²) < 4.78 is 0. The number of amides is 2. The van der Waals surface area contributed by atoms with Crippen LogP contribution in [0.2, 0.25) is 15.1 Å². The number of halogens is 4. The first-order valence-corrected chi connectivity index (χ1v) is 11.0. The molecule has 1 aliphatic rings. The van der Waals surface area contributed by atoms with Crippen molar-refractivity contribution in [2.75, 3.05) is 35.2 Å². The van der Waals surface area contributed by atoms with E-state index in [1.165, 1.54) is 4.90 Å². The van der Waals surface area contributed by atoms with Gasteiger partial charge >= 0.3 is 0 Å². The van der Waals surface area contributed by atoms with Crippen molar-refractivity contribution in [3.8, 4) is 0 Å². The van der Waals surface area contributed by atoms with Gasteiger partial charge in [-0.1, -0.05) is 53.0 Å². The molecule has 172 valence electrons. The second kappa shape index (κ2) is 11.1. The third kappa shape index (κ3) is 5.54. The Balaban J connectivity index is 0.00000306. The summed E-state index contributed by atoms with van der Waals surface area (Å²) in [5.74, 6) is -0.513. The van der Waals surface area contributed by atoms with Crippen LogP contribution < -0.4 is 20.9 Å². The molecule has 1 heterocycles. The Morgan fingerprint density at radius 1 is 0.909 bits per heavy atom. The van der Waals surface area contributed by atoms with Crippen molar-refractivity contribution in [1.82, 2.24) is 5.32 Å². The first-order chi connectivity index (χ1) is 15.5. The van der Waals surface area contributed by atoms with Crippen LogP contribution in [0, 0.1) is 0 Å². The number of anilines is 4. The predicted molar refractivity (Wildman–Crippen MR) is 138 cm³/mol. The second-order valence-corrected chi connectivity index (χ2v) is 8.31. The first kappa shape index (κ1) is 25.1. The van der Waals surface area contributed by atoms with Crippen LogP contribution in [0.15, 0.2) is 60.7 Å². The van der Waals surface area contributed by atoms with Crippen molar-refractivity contribution in [1.29, 1.82) is 0 Å². The molecule has 0 aromatic heterocycles. The molecule has 0 saturated carbocycles. The van der Waals surface area contributed by atoms with E-state index in [0.29, 0.717) is 56.5 Å². The van der Waals surface area contributed by atoms with E-state index in [1.807, 2.05) is 0 Å². The third-order valence-electron chi connectivity index (χ3n) is 4.93. The van der Waals surface area contributed by atoms with Gasteiger partial charge in [0, 0.05) is 18.1 Å². The minimum Gasteiger partial charge on any atom is -0.381 e. The van der Waals surface area contributed by atoms with Crippen LogP contribution in [0.25, 0.3) is 0 Å². The zero-order valence-electron chi connectivity index (χ0n) is 17.2. The molecule has 3 aromatic rings. The lowest BCUT2D eigenvalue weighted by molar-refractivity contribution is -0.117. The normalized spacial score (nSPS) is 12.1. The SMILES string of the molecule is Cl.O=C1Nc2cc(Cl)ccc2N(C(=O)CNCCNc2c(Cl)cccc2Cl)c2ccccc21. The third-order valence-corrected chi connectivity index (χ3v) is 5.79. The summed E-state index contributed by atoms with van der Waals surface area (Å²) in [6.45, 7) is 1.06. The summed E-state index contributed by atoms with van der Waals surface area (Å²) in [6, 6.07) is 17.3. The molecule has 3 aromatic carbocycles. The van der Waals surface area contributed by atoms with Gasteiger partial charge < -0.3 is 16.0 Å². The molecule has 0 bridgehead atoms. The van der Waals surface area contributed by atoms with Crippen molar-refractivity contribution in [2.24, 2.45) is 0 Å². The lowest BCUT2D eigenvalue weighted by Crippen LogP contribution is -2.37. The van der Waals surface area contributed by atoms with Gasteiger partial charge in [0.15, 0.2) is 0 Å². The molecular weight excluding hydrogens is 506 g/mol. The first-order valence-electron chi connectivity index (χ1n) is 9.87. The van der Waals surface area contributed by atoms with Crippen molar-refractivity contribution in [3.05, 3.63) is 81.3 Å². The molecule has 0 atom stereocenters. The van der Waals surface area contributed by atoms with Crippen LogP contribution in [-0.4, -0.2) is 31.4 Å². The Morgan fingerprint density at radius 3 is 2.39 bits per heavy atom. The molecule has 0 radical (unpaired) electrons. The highest BCUT2D eigenvalue weighted by Gasteiger charge is 2.29. The minimum absolute atomic E-state index is 0. The number of carbonyl (C=O) groups is 2. The lowest BCUT2D eigenvalue weighted by atomic mass is 10.1. The molecule has 33 heavy (non-hydrogen) atoms. The van der Waals surface area contributed by atoms with E-state index >= 15 is 0 Å². The van der Waals surface area contributed by atoms with Crippen LogP contribution >= 0.6 is 47.2 Å². The molecule has 3 N–H and O–H groups in total. The Morgan fingerprint density at radius 2 is 1.64 bits per heavy atom. The van der Waals surface area contributed by atoms with Gasteiger partial charge in [-0.25, -0.2) is 0 Å². The maximum absolute atomic E-state index is 13.2. The molecule has 0 fully saturated rings. The molecule has 10 heteroatoms. The molecule has 1 aliphatic heterocycles. The highest BCUT2D eigenvalue weighted by atomic mass is 35.5. The monoisotopic (exact) mass is 524 g/mol. The number of carbonyl (C=O) groups excluding carboxylic acids is 2. The zero-order valence-corrected chi connectivity index (χ0v) is 20.3. The summed E-state index contributed by atoms with van der Waals surface area (Å²) in [5.41, 5.74) is 2.60. The smallest absolute Gasteiger partial charge is 0.257 e. The Bertz CT molecular complexity index is 1170. The average Bonchev–Trinajstić information content (AvgIpc) is 2.89. The van der Waals surface area contributed by atoms with E-state index in [4.69, 9.17) is 34.8 Å². The number of rotatable bonds is 6. The fraction of sp³-hybridized carbons (Fsp3) is 0.130. The van der Waals surface area contributed by atoms with E-state index in [-0.39, 0.29) is 30.8 Å². The van der Waals surface area contributed by atoms with Crippen LogP contribution in [0.3, 0.4) is 0 Å². The van der Waals surface area contributed by atoms with Crippen LogP contribution in [-0.2, 0) is 4.79 Å². The van der Waals surface area contributed by atoms with Gasteiger partial charge in [0.05, 0.1) is 44.9 Å². The summed E-state index contributed by atoms with van der Waals surface area (Å²) in [7, 11) is 0. The molecule has 0 aliphatic carbocycles. The van der Waals surface area contributed by atoms with Crippen LogP contribution in [0.5, 0.6) is 0 Å². The number of nitrogens with zero attached hydrogens (tertiary/aromatic N) is 1. The predicted octanol–water partition coefficient (Wildman–Crippen LogP) is 6.00. The molecule has 0 saturated heterocycles. The number of benzene rings is 3. The summed E-state index contributed by atoms with van der Waals surface area (Å²) >= 11 is 18.4. The summed E-state index contributed by atoms with van der Waals surface area (Å²) in [6.07, 6.45) is 0. The summed E-state index contributed by atoms with van der Waals surface area (Å²) in [4.78, 5) is 27.5. The molecule has 0 unspecified atom stereocenters. The molecule has 4 rings (SSSR count). The quantitative estimate of drug-likeness (QED) is 0.345. The van der Waals surface area contributed by atoms with Crippen molar-refractivity contribution >= 4 is 81.8 Å². The van der Waals surface area contributed by atoms with E-state index in [0.717, 1.165) is 0 Å². The maximum Gasteiger partial charge on any atom is 0.257 e. The lowest BCUT2D eigenvalue weighted by Gasteiger charge is -2.24. The fourth-order valence-electron chi connectivity index (χ4n) is 3.47. The van der Waals surface area contributed by atoms with E-state index in [1.54, 1.807) is 60.7 Å². The standard InChI is InChI=1S/C23H19Cl3N4O2.ClH/c24-14-8-9-20-18(12-14)29-23(32)15-4-1-2-7-19(15)30(20)21(31)13-27-10-11-28-22-16(25)5-3-6-17(22)26;/h1-9,12,27-28H,10-11,13H2,(H,29,32);1H. The number of nitrogens with one attached hydrogen (secondary N) is 3. The van der Waals surface area contributed by atoms with Crippen molar-refractivity contribution < 1.29 is 9.59 Å². The molecule has 6 nitrogen and oxygen atoms in total. The highest BCUT2D eigenvalue weighted by Crippen LogP contribution is 2.39. The van der Waals surface area contributed by atoms with Crippen molar-refractivity contribution in [2.45, 2.75) is 0 Å². The van der Waals surface area contributed by atoms with Crippen LogP contribution in [0.4, 0.5) is 22.7 Å². The second-order valence-electron chi connectivity index (χ2n) is 7.06. The van der Waals surface area contributed by atoms with E-state index in [9.17, 15) is 9.59 Å². The number of para-hydroxylation sites is 2. The Labute approximate surface area is 212 Å². The van der Waals surface area contributed by atoms with Gasteiger partial charge in [0.1, 0.15) is 0 Å². The topological polar surface area (TPSA) is 73.5 Å². The van der Waals surface area contributed by atoms with Gasteiger partial charge in [-0.2, -0.15) is 0 Å². The van der Waals surface area contributed by atoms with Gasteiger partial charge in [-0.3, -0.25) is 14.5 Å². The summed E-state index contributed by atoms with van der Waals surface area (Å²) in [5, 5.41) is 10.7. The van der Waals surface area contributed by atoms with Gasteiger partial charge in [-0.05, 0) is 42.5 Å². The zero-order chi connectivity index (χ0) is 22.7. The van der Waals surface area contributed by atoms with Gasteiger partial charge in [0.25, 0.3) is 5.91 Å². The molecular formula is C23H20Cl4N4O2. The average molecular weight is 526 g/mol. The number of hydrogen-bond acceptors (Lipinski definition) is 4. The maximum atomic E-state index is 13.2.